The topological polar surface area (TPSA) is 49.8 Å². The van der Waals surface area contributed by atoms with E-state index in [-0.39, 0.29) is 12.5 Å². The van der Waals surface area contributed by atoms with Gasteiger partial charge in [0.25, 0.3) is 0 Å². The number of carbonyl (C=O) groups excluding carboxylic acids is 1. The van der Waals surface area contributed by atoms with Gasteiger partial charge >= 0.3 is 0 Å². The van der Waals surface area contributed by atoms with Gasteiger partial charge in [0.1, 0.15) is 5.75 Å². The number of benzene rings is 1. The van der Waals surface area contributed by atoms with E-state index in [1.165, 1.54) is 11.3 Å². The highest BCUT2D eigenvalue weighted by atomic mass is 32.1. The summed E-state index contributed by atoms with van der Waals surface area (Å²) in [4.78, 5) is 15.5. The minimum atomic E-state index is 0.0317. The molecule has 1 fully saturated rings. The normalized spacial score (nSPS) is 14.1. The van der Waals surface area contributed by atoms with Crippen LogP contribution in [0.2, 0.25) is 0 Å². The lowest BCUT2D eigenvalue weighted by Gasteiger charge is -2.21. The van der Waals surface area contributed by atoms with E-state index in [2.05, 4.69) is 0 Å². The van der Waals surface area contributed by atoms with E-state index in [9.17, 15) is 4.79 Å². The third-order valence-corrected chi connectivity index (χ3v) is 4.98. The van der Waals surface area contributed by atoms with E-state index in [1.54, 1.807) is 13.2 Å². The Labute approximate surface area is 146 Å². The van der Waals surface area contributed by atoms with Crippen LogP contribution in [-0.2, 0) is 17.9 Å². The molecule has 0 saturated heterocycles. The molecule has 0 aliphatic heterocycles. The fourth-order valence-electron chi connectivity index (χ4n) is 2.51. The Balaban J connectivity index is 1.66. The van der Waals surface area contributed by atoms with Gasteiger partial charge in [-0.05, 0) is 53.6 Å². The number of aliphatic hydroxyl groups is 1. The Hall–Kier alpha value is -2.11. The first-order valence-corrected chi connectivity index (χ1v) is 8.87. The van der Waals surface area contributed by atoms with Crippen molar-refractivity contribution in [3.05, 3.63) is 57.8 Å². The Morgan fingerprint density at radius 3 is 2.67 bits per heavy atom. The smallest absolute Gasteiger partial charge is 0.247 e. The zero-order valence-electron chi connectivity index (χ0n) is 13.6. The van der Waals surface area contributed by atoms with Crippen LogP contribution in [0.15, 0.2) is 41.8 Å². The SMILES string of the molecule is COc1ccc(CN(C(=O)/C=C/c2cc(CO)cs2)C2CC2)cc1. The molecule has 1 amide bonds. The second kappa shape index (κ2) is 7.64. The first kappa shape index (κ1) is 16.7. The van der Waals surface area contributed by atoms with Gasteiger partial charge in [-0.2, -0.15) is 0 Å². The zero-order valence-corrected chi connectivity index (χ0v) is 14.5. The molecule has 0 bridgehead atoms. The summed E-state index contributed by atoms with van der Waals surface area (Å²) in [6, 6.07) is 10.1. The first-order chi connectivity index (χ1) is 11.7. The quantitative estimate of drug-likeness (QED) is 0.784. The standard InChI is InChI=1S/C19H21NO3S/c1-23-17-6-2-14(3-7-17)11-20(16-4-5-16)19(22)9-8-18-10-15(12-21)13-24-18/h2-3,6-10,13,16,21H,4-5,11-12H2,1H3/b9-8+. The van der Waals surface area contributed by atoms with Crippen molar-refractivity contribution in [2.24, 2.45) is 0 Å². The van der Waals surface area contributed by atoms with Gasteiger partial charge in [-0.3, -0.25) is 4.79 Å². The highest BCUT2D eigenvalue weighted by Gasteiger charge is 2.31. The molecule has 1 aromatic carbocycles. The molecule has 0 atom stereocenters. The molecule has 3 rings (SSSR count). The molecule has 1 saturated carbocycles. The first-order valence-electron chi connectivity index (χ1n) is 7.99. The van der Waals surface area contributed by atoms with Crippen molar-refractivity contribution in [1.82, 2.24) is 4.90 Å². The molecule has 1 heterocycles. The van der Waals surface area contributed by atoms with E-state index in [4.69, 9.17) is 9.84 Å². The maximum Gasteiger partial charge on any atom is 0.247 e. The molecule has 1 N–H and O–H groups in total. The number of methoxy groups -OCH3 is 1. The van der Waals surface area contributed by atoms with Gasteiger partial charge in [-0.15, -0.1) is 11.3 Å². The van der Waals surface area contributed by atoms with Crippen LogP contribution < -0.4 is 4.74 Å². The van der Waals surface area contributed by atoms with Crippen molar-refractivity contribution in [2.45, 2.75) is 32.0 Å². The van der Waals surface area contributed by atoms with Gasteiger partial charge in [0, 0.05) is 23.5 Å². The molecule has 0 unspecified atom stereocenters. The highest BCUT2D eigenvalue weighted by Crippen LogP contribution is 2.29. The van der Waals surface area contributed by atoms with Crippen molar-refractivity contribution >= 4 is 23.3 Å². The van der Waals surface area contributed by atoms with Crippen molar-refractivity contribution in [3.8, 4) is 5.75 Å². The van der Waals surface area contributed by atoms with E-state index >= 15 is 0 Å². The van der Waals surface area contributed by atoms with Crippen molar-refractivity contribution in [1.29, 1.82) is 0 Å². The summed E-state index contributed by atoms with van der Waals surface area (Å²) in [6.45, 7) is 0.647. The molecule has 4 nitrogen and oxygen atoms in total. The minimum Gasteiger partial charge on any atom is -0.497 e. The summed E-state index contributed by atoms with van der Waals surface area (Å²) >= 11 is 1.53. The Bertz CT molecular complexity index is 716. The average Bonchev–Trinajstić information content (AvgIpc) is 3.35. The van der Waals surface area contributed by atoms with Gasteiger partial charge in [-0.25, -0.2) is 0 Å². The van der Waals surface area contributed by atoms with E-state index in [1.807, 2.05) is 46.7 Å². The largest absolute Gasteiger partial charge is 0.497 e. The van der Waals surface area contributed by atoms with Gasteiger partial charge < -0.3 is 14.7 Å². The summed E-state index contributed by atoms with van der Waals surface area (Å²) in [5.41, 5.74) is 1.98. The van der Waals surface area contributed by atoms with Crippen LogP contribution in [0.1, 0.15) is 28.8 Å². The molecule has 24 heavy (non-hydrogen) atoms. The van der Waals surface area contributed by atoms with Crippen LogP contribution >= 0.6 is 11.3 Å². The molecule has 1 aromatic heterocycles. The summed E-state index contributed by atoms with van der Waals surface area (Å²) in [5.74, 6) is 0.854. The van der Waals surface area contributed by atoms with Crippen LogP contribution in [0.25, 0.3) is 6.08 Å². The lowest BCUT2D eigenvalue weighted by molar-refractivity contribution is -0.127. The van der Waals surface area contributed by atoms with Crippen LogP contribution in [-0.4, -0.2) is 29.1 Å². The monoisotopic (exact) mass is 343 g/mol. The van der Waals surface area contributed by atoms with Crippen LogP contribution in [0.5, 0.6) is 5.75 Å². The molecule has 1 aliphatic rings. The van der Waals surface area contributed by atoms with E-state index in [0.29, 0.717) is 12.6 Å². The molecule has 0 spiro atoms. The summed E-state index contributed by atoms with van der Waals surface area (Å²) < 4.78 is 5.17. The number of hydrogen-bond acceptors (Lipinski definition) is 4. The number of carbonyl (C=O) groups is 1. The van der Waals surface area contributed by atoms with Crippen molar-refractivity contribution in [2.75, 3.05) is 7.11 Å². The number of aliphatic hydroxyl groups excluding tert-OH is 1. The van der Waals surface area contributed by atoms with Crippen LogP contribution in [0.3, 0.4) is 0 Å². The molecule has 126 valence electrons. The predicted octanol–water partition coefficient (Wildman–Crippen LogP) is 3.45. The second-order valence-electron chi connectivity index (χ2n) is 5.89. The molecule has 5 heteroatoms. The average molecular weight is 343 g/mol. The molecule has 0 radical (unpaired) electrons. The number of rotatable bonds is 7. The van der Waals surface area contributed by atoms with Crippen LogP contribution in [0.4, 0.5) is 0 Å². The summed E-state index contributed by atoms with van der Waals surface area (Å²) in [5, 5.41) is 11.0. The number of thiophene rings is 1. The number of ether oxygens (including phenoxy) is 1. The number of nitrogens with zero attached hydrogens (tertiary/aromatic N) is 1. The zero-order chi connectivity index (χ0) is 16.9. The molecule has 1 aliphatic carbocycles. The lowest BCUT2D eigenvalue weighted by atomic mass is 10.2. The summed E-state index contributed by atoms with van der Waals surface area (Å²) in [6.07, 6.45) is 5.61. The predicted molar refractivity (Wildman–Crippen MR) is 95.8 cm³/mol. The van der Waals surface area contributed by atoms with Crippen molar-refractivity contribution in [3.63, 3.8) is 0 Å². The Morgan fingerprint density at radius 1 is 1.33 bits per heavy atom. The molecular formula is C19H21NO3S. The van der Waals surface area contributed by atoms with Gasteiger partial charge in [0.05, 0.1) is 13.7 Å². The highest BCUT2D eigenvalue weighted by molar-refractivity contribution is 7.11. The lowest BCUT2D eigenvalue weighted by Crippen LogP contribution is -2.31. The third kappa shape index (κ3) is 4.24. The number of hydrogen-bond donors (Lipinski definition) is 1. The molecular weight excluding hydrogens is 322 g/mol. The molecule has 2 aromatic rings. The van der Waals surface area contributed by atoms with E-state index < -0.39 is 0 Å². The number of amides is 1. The van der Waals surface area contributed by atoms with Crippen LogP contribution in [0, 0.1) is 0 Å². The maximum atomic E-state index is 12.6. The van der Waals surface area contributed by atoms with Gasteiger partial charge in [-0.1, -0.05) is 12.1 Å². The fourth-order valence-corrected chi connectivity index (χ4v) is 3.31. The summed E-state index contributed by atoms with van der Waals surface area (Å²) in [7, 11) is 1.65. The Morgan fingerprint density at radius 2 is 2.08 bits per heavy atom. The maximum absolute atomic E-state index is 12.6. The third-order valence-electron chi connectivity index (χ3n) is 4.03. The minimum absolute atomic E-state index is 0.0317. The fraction of sp³-hybridized carbons (Fsp3) is 0.316. The van der Waals surface area contributed by atoms with Crippen molar-refractivity contribution < 1.29 is 14.6 Å². The van der Waals surface area contributed by atoms with E-state index in [0.717, 1.165) is 34.6 Å². The van der Waals surface area contributed by atoms with Gasteiger partial charge in [0.2, 0.25) is 5.91 Å². The second-order valence-corrected chi connectivity index (χ2v) is 6.84. The Kier molecular flexibility index (Phi) is 5.33. The van der Waals surface area contributed by atoms with Gasteiger partial charge in [0.15, 0.2) is 0 Å².